The summed E-state index contributed by atoms with van der Waals surface area (Å²) in [5.74, 6) is 0. The van der Waals surface area contributed by atoms with Crippen molar-refractivity contribution in [2.75, 3.05) is 0 Å². The number of benzene rings is 2. The molecule has 0 radical (unpaired) electrons. The maximum atomic E-state index is 12.9. The molecule has 0 aliphatic rings. The minimum atomic E-state index is -0.426. The van der Waals surface area contributed by atoms with Gasteiger partial charge in [0, 0.05) is 0 Å². The van der Waals surface area contributed by atoms with Gasteiger partial charge in [-0.3, -0.25) is 28.3 Å². The first-order valence-corrected chi connectivity index (χ1v) is 10.8. The van der Waals surface area contributed by atoms with Crippen LogP contribution in [0, 0.1) is 0 Å². The lowest BCUT2D eigenvalue weighted by atomic mass is 10.2. The topological polar surface area (TPSA) is 78.1 Å². The fourth-order valence-corrected chi connectivity index (χ4v) is 5.86. The summed E-state index contributed by atoms with van der Waals surface area (Å²) in [6, 6.07) is 18.4. The Morgan fingerprint density at radius 2 is 0.800 bits per heavy atom. The highest BCUT2D eigenvalue weighted by Gasteiger charge is 2.21. The Kier molecular flexibility index (Phi) is 4.45. The number of rotatable bonds is 4. The smallest absolute Gasteiger partial charge is 0.268 e. The second kappa shape index (κ2) is 7.16. The number of nitrogens with zero attached hydrogens (tertiary/aromatic N) is 2. The van der Waals surface area contributed by atoms with Gasteiger partial charge in [0.1, 0.15) is 18.8 Å². The normalized spacial score (nSPS) is 11.5. The highest BCUT2D eigenvalue weighted by atomic mass is 32.1. The third-order valence-electron chi connectivity index (χ3n) is 4.95. The van der Waals surface area contributed by atoms with Gasteiger partial charge >= 0.3 is 0 Å². The van der Waals surface area contributed by atoms with E-state index >= 15 is 0 Å². The molecule has 0 saturated carbocycles. The molecule has 0 unspecified atom stereocenters. The lowest BCUT2D eigenvalue weighted by Gasteiger charge is -2.00. The first-order chi connectivity index (χ1) is 14.5. The van der Waals surface area contributed by atoms with Crippen molar-refractivity contribution in [2.24, 2.45) is 0 Å². The Labute approximate surface area is 176 Å². The SMILES string of the molecule is O=c1c2sc3c(=O)n(Cc4ccccc4)c(=O)c3sc2c(=O)n1Cc1ccccc1. The van der Waals surface area contributed by atoms with Crippen LogP contribution in [-0.2, 0) is 13.1 Å². The summed E-state index contributed by atoms with van der Waals surface area (Å²) in [5.41, 5.74) is -0.0462. The van der Waals surface area contributed by atoms with Gasteiger partial charge in [0.05, 0.1) is 13.1 Å². The molecular weight excluding hydrogens is 420 g/mol. The molecule has 30 heavy (non-hydrogen) atoms. The summed E-state index contributed by atoms with van der Waals surface area (Å²) in [5, 5.41) is 0. The molecule has 5 rings (SSSR count). The van der Waals surface area contributed by atoms with E-state index in [1.54, 1.807) is 0 Å². The van der Waals surface area contributed by atoms with Crippen molar-refractivity contribution in [3.8, 4) is 0 Å². The van der Waals surface area contributed by atoms with E-state index in [1.165, 1.54) is 9.13 Å². The van der Waals surface area contributed by atoms with Crippen molar-refractivity contribution in [3.63, 3.8) is 0 Å². The lowest BCUT2D eigenvalue weighted by Crippen LogP contribution is -2.26. The average Bonchev–Trinajstić information content (AvgIpc) is 3.14. The molecule has 0 atom stereocenters. The van der Waals surface area contributed by atoms with Gasteiger partial charge in [-0.1, -0.05) is 60.7 Å². The van der Waals surface area contributed by atoms with Crippen LogP contribution in [-0.4, -0.2) is 9.13 Å². The van der Waals surface area contributed by atoms with E-state index in [2.05, 4.69) is 0 Å². The molecule has 0 aliphatic carbocycles. The molecule has 0 fully saturated rings. The quantitative estimate of drug-likeness (QED) is 0.436. The molecule has 0 N–H and O–H groups in total. The largest absolute Gasteiger partial charge is 0.272 e. The van der Waals surface area contributed by atoms with Crippen LogP contribution in [0.3, 0.4) is 0 Å². The molecule has 3 heterocycles. The number of hydrogen-bond acceptors (Lipinski definition) is 6. The maximum Gasteiger partial charge on any atom is 0.272 e. The number of hydrogen-bond donors (Lipinski definition) is 0. The molecule has 2 aromatic carbocycles. The van der Waals surface area contributed by atoms with Crippen LogP contribution in [0.5, 0.6) is 0 Å². The first-order valence-electron chi connectivity index (χ1n) is 9.19. The van der Waals surface area contributed by atoms with Crippen molar-refractivity contribution < 1.29 is 0 Å². The van der Waals surface area contributed by atoms with Crippen LogP contribution in [0.15, 0.2) is 79.8 Å². The zero-order valence-corrected chi connectivity index (χ0v) is 17.2. The number of aromatic nitrogens is 2. The van der Waals surface area contributed by atoms with Gasteiger partial charge in [-0.2, -0.15) is 0 Å². The van der Waals surface area contributed by atoms with Crippen molar-refractivity contribution in [2.45, 2.75) is 13.1 Å². The fraction of sp³-hybridized carbons (Fsp3) is 0.0909. The summed E-state index contributed by atoms with van der Waals surface area (Å²) in [7, 11) is 0. The molecule has 0 aliphatic heterocycles. The van der Waals surface area contributed by atoms with Crippen molar-refractivity contribution in [1.29, 1.82) is 0 Å². The summed E-state index contributed by atoms with van der Waals surface area (Å²) in [6.07, 6.45) is 0. The molecule has 5 aromatic rings. The molecule has 3 aromatic heterocycles. The van der Waals surface area contributed by atoms with Gasteiger partial charge in [0.2, 0.25) is 0 Å². The lowest BCUT2D eigenvalue weighted by molar-refractivity contribution is 0.755. The standard InChI is InChI=1S/C22H14N2O4S2/c25-19-15-16(20(26)23(19)11-13-7-3-1-4-8-13)30-18-17(29-15)21(27)24(22(18)28)12-14-9-5-2-6-10-14/h1-10H,11-12H2. The predicted molar refractivity (Wildman–Crippen MR) is 121 cm³/mol. The van der Waals surface area contributed by atoms with Crippen LogP contribution >= 0.6 is 22.7 Å². The molecule has 0 spiro atoms. The second-order valence-corrected chi connectivity index (χ2v) is 8.93. The molecule has 148 valence electrons. The van der Waals surface area contributed by atoms with Crippen LogP contribution in [0.2, 0.25) is 0 Å². The second-order valence-electron chi connectivity index (χ2n) is 6.88. The van der Waals surface area contributed by atoms with Crippen molar-refractivity contribution in [1.82, 2.24) is 9.13 Å². The first kappa shape index (κ1) is 18.7. The molecule has 0 bridgehead atoms. The van der Waals surface area contributed by atoms with Gasteiger partial charge in [-0.15, -0.1) is 22.7 Å². The Hall–Kier alpha value is -3.36. The van der Waals surface area contributed by atoms with E-state index in [0.29, 0.717) is 0 Å². The van der Waals surface area contributed by atoms with Crippen molar-refractivity contribution in [3.05, 3.63) is 113 Å². The fourth-order valence-electron chi connectivity index (χ4n) is 3.45. The monoisotopic (exact) mass is 434 g/mol. The Bertz CT molecular complexity index is 1420. The zero-order valence-electron chi connectivity index (χ0n) is 15.5. The van der Waals surface area contributed by atoms with Crippen LogP contribution < -0.4 is 22.2 Å². The van der Waals surface area contributed by atoms with Crippen LogP contribution in [0.4, 0.5) is 0 Å². The van der Waals surface area contributed by atoms with Gasteiger partial charge in [0.25, 0.3) is 22.2 Å². The average molecular weight is 434 g/mol. The summed E-state index contributed by atoms with van der Waals surface area (Å²) in [6.45, 7) is 0.304. The maximum absolute atomic E-state index is 12.9. The van der Waals surface area contributed by atoms with Gasteiger partial charge in [0.15, 0.2) is 0 Å². The highest BCUT2D eigenvalue weighted by Crippen LogP contribution is 2.26. The van der Waals surface area contributed by atoms with Crippen LogP contribution in [0.25, 0.3) is 18.8 Å². The van der Waals surface area contributed by atoms with Gasteiger partial charge < -0.3 is 0 Å². The summed E-state index contributed by atoms with van der Waals surface area (Å²) < 4.78 is 3.23. The van der Waals surface area contributed by atoms with Gasteiger partial charge in [-0.25, -0.2) is 0 Å². The molecular formula is C22H14N2O4S2. The molecule has 0 amide bonds. The third kappa shape index (κ3) is 2.92. The van der Waals surface area contributed by atoms with E-state index in [1.807, 2.05) is 60.7 Å². The van der Waals surface area contributed by atoms with E-state index < -0.39 is 22.2 Å². The Morgan fingerprint density at radius 1 is 0.500 bits per heavy atom. The number of fused-ring (bicyclic) bond motifs is 2. The van der Waals surface area contributed by atoms with E-state index in [0.717, 1.165) is 33.8 Å². The summed E-state index contributed by atoms with van der Waals surface area (Å²) in [4.78, 5) is 51.5. The van der Waals surface area contributed by atoms with E-state index in [4.69, 9.17) is 0 Å². The minimum Gasteiger partial charge on any atom is -0.268 e. The Balaban J connectivity index is 1.69. The van der Waals surface area contributed by atoms with Crippen molar-refractivity contribution >= 4 is 41.5 Å². The van der Waals surface area contributed by atoms with Crippen LogP contribution in [0.1, 0.15) is 11.1 Å². The summed E-state index contributed by atoms with van der Waals surface area (Å²) >= 11 is 1.88. The molecule has 0 saturated heterocycles. The highest BCUT2D eigenvalue weighted by molar-refractivity contribution is 7.36. The third-order valence-corrected chi connectivity index (χ3v) is 7.54. The minimum absolute atomic E-state index is 0.152. The van der Waals surface area contributed by atoms with Gasteiger partial charge in [-0.05, 0) is 11.1 Å². The predicted octanol–water partition coefficient (Wildman–Crippen LogP) is 2.69. The Morgan fingerprint density at radius 3 is 1.10 bits per heavy atom. The molecule has 6 nitrogen and oxygen atoms in total. The van der Waals surface area contributed by atoms with E-state index in [9.17, 15) is 19.2 Å². The zero-order chi connectivity index (χ0) is 20.8. The van der Waals surface area contributed by atoms with E-state index in [-0.39, 0.29) is 31.9 Å². The molecule has 8 heteroatoms.